The largest absolute Gasteiger partial charge is 0.324 e. The van der Waals surface area contributed by atoms with Gasteiger partial charge in [-0.05, 0) is 23.6 Å². The molecule has 0 bridgehead atoms. The number of carbonyl (C=O) groups is 1. The van der Waals surface area contributed by atoms with E-state index in [1.165, 1.54) is 5.56 Å². The molecular formula is C17H24FN3O. The number of nitrogens with zero attached hydrogens (tertiary/aromatic N) is 3. The van der Waals surface area contributed by atoms with Gasteiger partial charge in [0.1, 0.15) is 6.17 Å². The van der Waals surface area contributed by atoms with Gasteiger partial charge in [-0.2, -0.15) is 0 Å². The van der Waals surface area contributed by atoms with E-state index in [0.29, 0.717) is 38.1 Å². The first-order valence-corrected chi connectivity index (χ1v) is 7.96. The molecule has 0 spiro atoms. The van der Waals surface area contributed by atoms with Crippen molar-refractivity contribution in [1.82, 2.24) is 9.80 Å². The number of anilines is 1. The monoisotopic (exact) mass is 305 g/mol. The number of hydrogen-bond donors (Lipinski definition) is 0. The van der Waals surface area contributed by atoms with Crippen molar-refractivity contribution in [2.45, 2.75) is 32.0 Å². The number of likely N-dealkylation sites (tertiary alicyclic amines) is 2. The molecule has 0 atom stereocenters. The number of rotatable bonds is 3. The molecule has 0 radical (unpaired) electrons. The Morgan fingerprint density at radius 2 is 1.77 bits per heavy atom. The quantitative estimate of drug-likeness (QED) is 0.858. The number of carbonyl (C=O) groups excluding carboxylic acids is 1. The molecule has 0 unspecified atom stereocenters. The summed E-state index contributed by atoms with van der Waals surface area (Å²) < 4.78 is 12.9. The standard InChI is InChI=1S/C17H24FN3O/c1-12(2)13-4-6-15(7-5-13)19(3)17(22)21-10-16(11-21)20-8-14(18)9-20/h4-7,12,14,16H,8-11H2,1-3H3. The Balaban J connectivity index is 1.54. The minimum atomic E-state index is -0.674. The van der Waals surface area contributed by atoms with Crippen LogP contribution in [0, 0.1) is 0 Å². The third kappa shape index (κ3) is 2.82. The molecule has 22 heavy (non-hydrogen) atoms. The van der Waals surface area contributed by atoms with E-state index < -0.39 is 6.17 Å². The molecule has 3 rings (SSSR count). The molecule has 1 aromatic carbocycles. The smallest absolute Gasteiger partial charge is 0.321 e. The van der Waals surface area contributed by atoms with Crippen LogP contribution in [-0.2, 0) is 0 Å². The van der Waals surface area contributed by atoms with Crippen LogP contribution in [-0.4, -0.2) is 61.3 Å². The topological polar surface area (TPSA) is 26.8 Å². The fraction of sp³-hybridized carbons (Fsp3) is 0.588. The van der Waals surface area contributed by atoms with Crippen LogP contribution >= 0.6 is 0 Å². The highest BCUT2D eigenvalue weighted by Crippen LogP contribution is 2.25. The average molecular weight is 305 g/mol. The highest BCUT2D eigenvalue weighted by Gasteiger charge is 2.41. The van der Waals surface area contributed by atoms with Gasteiger partial charge in [-0.15, -0.1) is 0 Å². The Hall–Kier alpha value is -1.62. The maximum absolute atomic E-state index is 12.9. The van der Waals surface area contributed by atoms with Crippen molar-refractivity contribution in [2.24, 2.45) is 0 Å². The number of alkyl halides is 1. The number of amides is 2. The van der Waals surface area contributed by atoms with Gasteiger partial charge in [-0.1, -0.05) is 26.0 Å². The first-order chi connectivity index (χ1) is 10.5. The Kier molecular flexibility index (Phi) is 4.08. The van der Waals surface area contributed by atoms with Gasteiger partial charge < -0.3 is 4.90 Å². The summed E-state index contributed by atoms with van der Waals surface area (Å²) in [6.45, 7) is 6.78. The second-order valence-electron chi connectivity index (χ2n) is 6.70. The van der Waals surface area contributed by atoms with E-state index in [4.69, 9.17) is 0 Å². The Morgan fingerprint density at radius 1 is 1.18 bits per heavy atom. The molecule has 2 aliphatic rings. The molecule has 0 N–H and O–H groups in total. The number of benzene rings is 1. The number of urea groups is 1. The van der Waals surface area contributed by atoms with Gasteiger partial charge in [-0.3, -0.25) is 9.80 Å². The summed E-state index contributed by atoms with van der Waals surface area (Å²) in [5.41, 5.74) is 2.18. The van der Waals surface area contributed by atoms with Crippen molar-refractivity contribution >= 4 is 11.7 Å². The first kappa shape index (κ1) is 15.3. The molecular weight excluding hydrogens is 281 g/mol. The van der Waals surface area contributed by atoms with E-state index in [2.05, 4.69) is 30.9 Å². The lowest BCUT2D eigenvalue weighted by Crippen LogP contribution is -2.68. The van der Waals surface area contributed by atoms with Crippen molar-refractivity contribution in [1.29, 1.82) is 0 Å². The molecule has 2 aliphatic heterocycles. The average Bonchev–Trinajstić information content (AvgIpc) is 2.43. The summed E-state index contributed by atoms with van der Waals surface area (Å²) in [6, 6.07) is 8.49. The lowest BCUT2D eigenvalue weighted by Gasteiger charge is -2.50. The van der Waals surface area contributed by atoms with Gasteiger partial charge in [0.25, 0.3) is 0 Å². The zero-order valence-corrected chi connectivity index (χ0v) is 13.5. The van der Waals surface area contributed by atoms with Gasteiger partial charge in [-0.25, -0.2) is 9.18 Å². The summed E-state index contributed by atoms with van der Waals surface area (Å²) in [5, 5.41) is 0. The van der Waals surface area contributed by atoms with Crippen molar-refractivity contribution in [2.75, 3.05) is 38.1 Å². The van der Waals surface area contributed by atoms with Gasteiger partial charge in [0, 0.05) is 45.0 Å². The third-order valence-electron chi connectivity index (χ3n) is 4.75. The fourth-order valence-electron chi connectivity index (χ4n) is 3.00. The predicted octanol–water partition coefficient (Wildman–Crippen LogP) is 2.70. The predicted molar refractivity (Wildman–Crippen MR) is 86.2 cm³/mol. The molecule has 120 valence electrons. The van der Waals surface area contributed by atoms with Crippen LogP contribution in [0.3, 0.4) is 0 Å². The maximum Gasteiger partial charge on any atom is 0.324 e. The van der Waals surface area contributed by atoms with Crippen molar-refractivity contribution in [3.63, 3.8) is 0 Å². The summed E-state index contributed by atoms with van der Waals surface area (Å²) in [5.74, 6) is 0.488. The zero-order chi connectivity index (χ0) is 15.9. The van der Waals surface area contributed by atoms with E-state index in [1.807, 2.05) is 17.0 Å². The van der Waals surface area contributed by atoms with Crippen LogP contribution in [0.4, 0.5) is 14.9 Å². The van der Waals surface area contributed by atoms with Crippen LogP contribution in [0.2, 0.25) is 0 Å². The lowest BCUT2D eigenvalue weighted by atomic mass is 10.0. The molecule has 5 heteroatoms. The van der Waals surface area contributed by atoms with Crippen LogP contribution in [0.1, 0.15) is 25.3 Å². The lowest BCUT2D eigenvalue weighted by molar-refractivity contribution is -0.0256. The molecule has 2 fully saturated rings. The zero-order valence-electron chi connectivity index (χ0n) is 13.5. The van der Waals surface area contributed by atoms with Gasteiger partial charge >= 0.3 is 6.03 Å². The highest BCUT2D eigenvalue weighted by atomic mass is 19.1. The Morgan fingerprint density at radius 3 is 2.27 bits per heavy atom. The molecule has 2 saturated heterocycles. The summed E-state index contributed by atoms with van der Waals surface area (Å²) in [7, 11) is 1.81. The van der Waals surface area contributed by atoms with Crippen molar-refractivity contribution < 1.29 is 9.18 Å². The summed E-state index contributed by atoms with van der Waals surface area (Å²) in [6.07, 6.45) is -0.674. The number of halogens is 1. The molecule has 4 nitrogen and oxygen atoms in total. The first-order valence-electron chi connectivity index (χ1n) is 7.96. The summed E-state index contributed by atoms with van der Waals surface area (Å²) in [4.78, 5) is 18.1. The van der Waals surface area contributed by atoms with E-state index in [0.717, 1.165) is 5.69 Å². The van der Waals surface area contributed by atoms with E-state index in [1.54, 1.807) is 11.9 Å². The van der Waals surface area contributed by atoms with Crippen LogP contribution in [0.15, 0.2) is 24.3 Å². The molecule has 0 saturated carbocycles. The molecule has 2 amide bonds. The Labute approximate surface area is 131 Å². The van der Waals surface area contributed by atoms with E-state index >= 15 is 0 Å². The normalized spacial score (nSPS) is 20.0. The van der Waals surface area contributed by atoms with Crippen molar-refractivity contribution in [3.05, 3.63) is 29.8 Å². The second kappa shape index (κ2) is 5.88. The molecule has 2 heterocycles. The minimum Gasteiger partial charge on any atom is -0.321 e. The van der Waals surface area contributed by atoms with Gasteiger partial charge in [0.2, 0.25) is 0 Å². The fourth-order valence-corrected chi connectivity index (χ4v) is 3.00. The minimum absolute atomic E-state index is 0.0193. The van der Waals surface area contributed by atoms with Gasteiger partial charge in [0.05, 0.1) is 0 Å². The van der Waals surface area contributed by atoms with Gasteiger partial charge in [0.15, 0.2) is 0 Å². The molecule has 1 aromatic rings. The second-order valence-corrected chi connectivity index (χ2v) is 6.70. The summed E-state index contributed by atoms with van der Waals surface area (Å²) >= 11 is 0. The van der Waals surface area contributed by atoms with Crippen molar-refractivity contribution in [3.8, 4) is 0 Å². The van der Waals surface area contributed by atoms with Crippen LogP contribution in [0.5, 0.6) is 0 Å². The molecule has 0 aliphatic carbocycles. The SMILES string of the molecule is CC(C)c1ccc(N(C)C(=O)N2CC(N3CC(F)C3)C2)cc1. The highest BCUT2D eigenvalue weighted by molar-refractivity contribution is 5.92. The van der Waals surface area contributed by atoms with Crippen LogP contribution < -0.4 is 4.90 Å². The number of hydrogen-bond acceptors (Lipinski definition) is 2. The third-order valence-corrected chi connectivity index (χ3v) is 4.75. The van der Waals surface area contributed by atoms with E-state index in [-0.39, 0.29) is 6.03 Å². The van der Waals surface area contributed by atoms with Crippen LogP contribution in [0.25, 0.3) is 0 Å². The maximum atomic E-state index is 12.9. The Bertz CT molecular complexity index is 533. The van der Waals surface area contributed by atoms with E-state index in [9.17, 15) is 9.18 Å². The molecule has 0 aromatic heterocycles.